The normalized spacial score (nSPS) is 16.2. The molecule has 0 atom stereocenters. The predicted molar refractivity (Wildman–Crippen MR) is 119 cm³/mol. The predicted octanol–water partition coefficient (Wildman–Crippen LogP) is 4.63. The Balaban J connectivity index is 1.90. The maximum Gasteiger partial charge on any atom is 0.316 e. The molecule has 2 aromatic rings. The van der Waals surface area contributed by atoms with Crippen LogP contribution in [-0.2, 0) is 4.43 Å². The van der Waals surface area contributed by atoms with Crippen molar-refractivity contribution in [2.45, 2.75) is 38.7 Å². The molecule has 1 aliphatic rings. The van der Waals surface area contributed by atoms with Crippen LogP contribution in [0.4, 0.5) is 4.79 Å². The number of carbonyl (C=O) groups is 1. The average molecular weight is 416 g/mol. The van der Waals surface area contributed by atoms with Gasteiger partial charge in [-0.15, -0.1) is 0 Å². The molecule has 0 saturated carbocycles. The Morgan fingerprint density at radius 3 is 1.86 bits per heavy atom. The van der Waals surface area contributed by atoms with Gasteiger partial charge in [0.25, 0.3) is 8.32 Å². The Bertz CT molecular complexity index is 729. The van der Waals surface area contributed by atoms with Gasteiger partial charge in [0.1, 0.15) is 0 Å². The van der Waals surface area contributed by atoms with Gasteiger partial charge in [-0.05, 0) is 45.8 Å². The van der Waals surface area contributed by atoms with Crippen LogP contribution in [0.1, 0.15) is 33.6 Å². The molecule has 0 N–H and O–H groups in total. The summed E-state index contributed by atoms with van der Waals surface area (Å²) < 4.78 is 7.00. The van der Waals surface area contributed by atoms with Crippen LogP contribution in [-0.4, -0.2) is 38.3 Å². The van der Waals surface area contributed by atoms with Gasteiger partial charge in [-0.2, -0.15) is 0 Å². The van der Waals surface area contributed by atoms with Crippen LogP contribution >= 0.6 is 11.6 Å². The fourth-order valence-electron chi connectivity index (χ4n) is 4.28. The van der Waals surface area contributed by atoms with Gasteiger partial charge < -0.3 is 9.33 Å². The number of nitrogens with zero attached hydrogens (tertiary/aromatic N) is 1. The molecule has 1 saturated heterocycles. The van der Waals surface area contributed by atoms with Crippen molar-refractivity contribution in [1.29, 1.82) is 0 Å². The van der Waals surface area contributed by atoms with Crippen molar-refractivity contribution in [1.82, 2.24) is 4.90 Å². The molecule has 1 aliphatic heterocycles. The summed E-state index contributed by atoms with van der Waals surface area (Å²) in [5.41, 5.74) is 0. The van der Waals surface area contributed by atoms with Crippen LogP contribution in [0.15, 0.2) is 60.7 Å². The van der Waals surface area contributed by atoms with Gasteiger partial charge in [-0.1, -0.05) is 81.4 Å². The highest BCUT2D eigenvalue weighted by molar-refractivity contribution is 6.99. The first-order chi connectivity index (χ1) is 13.3. The maximum absolute atomic E-state index is 11.4. The number of amides is 1. The van der Waals surface area contributed by atoms with E-state index in [1.807, 2.05) is 0 Å². The summed E-state index contributed by atoms with van der Waals surface area (Å²) in [4.78, 5) is 13.1. The largest absolute Gasteiger partial charge is 0.407 e. The fourth-order valence-corrected chi connectivity index (χ4v) is 9.09. The Morgan fingerprint density at radius 1 is 1.00 bits per heavy atom. The van der Waals surface area contributed by atoms with E-state index in [4.69, 9.17) is 16.0 Å². The molecule has 0 bridgehead atoms. The highest BCUT2D eigenvalue weighted by Gasteiger charge is 2.50. The molecule has 1 amide bonds. The van der Waals surface area contributed by atoms with Crippen LogP contribution < -0.4 is 10.4 Å². The van der Waals surface area contributed by atoms with E-state index in [2.05, 4.69) is 81.4 Å². The van der Waals surface area contributed by atoms with Crippen LogP contribution in [0.5, 0.6) is 0 Å². The molecule has 2 aromatic carbocycles. The first kappa shape index (κ1) is 21.1. The molecular weight excluding hydrogens is 386 g/mol. The lowest BCUT2D eigenvalue weighted by Crippen LogP contribution is -2.67. The summed E-state index contributed by atoms with van der Waals surface area (Å²) in [6.45, 7) is 9.06. The minimum atomic E-state index is -2.48. The highest BCUT2D eigenvalue weighted by Crippen LogP contribution is 2.37. The molecule has 0 radical (unpaired) electrons. The van der Waals surface area contributed by atoms with Gasteiger partial charge in [-0.25, -0.2) is 0 Å². The second kappa shape index (κ2) is 8.81. The van der Waals surface area contributed by atoms with Crippen molar-refractivity contribution in [2.75, 3.05) is 19.7 Å². The molecule has 3 nitrogen and oxygen atoms in total. The summed E-state index contributed by atoms with van der Waals surface area (Å²) in [6.07, 6.45) is 1.88. The van der Waals surface area contributed by atoms with Gasteiger partial charge in [0, 0.05) is 19.7 Å². The summed E-state index contributed by atoms with van der Waals surface area (Å²) in [7, 11) is -2.48. The van der Waals surface area contributed by atoms with Crippen molar-refractivity contribution < 1.29 is 9.22 Å². The number of hydrogen-bond donors (Lipinski definition) is 0. The minimum absolute atomic E-state index is 0.0114. The van der Waals surface area contributed by atoms with Crippen LogP contribution in [0.3, 0.4) is 0 Å². The first-order valence-electron chi connectivity index (χ1n) is 10.0. The summed E-state index contributed by atoms with van der Waals surface area (Å²) >= 11 is 5.64. The first-order valence-corrected chi connectivity index (χ1v) is 12.3. The Labute approximate surface area is 174 Å². The number of hydrogen-bond acceptors (Lipinski definition) is 2. The quantitative estimate of drug-likeness (QED) is 0.404. The Morgan fingerprint density at radius 2 is 1.46 bits per heavy atom. The zero-order valence-corrected chi connectivity index (χ0v) is 18.8. The lowest BCUT2D eigenvalue weighted by Gasteiger charge is -2.44. The van der Waals surface area contributed by atoms with Crippen molar-refractivity contribution >= 4 is 35.7 Å². The second-order valence-electron chi connectivity index (χ2n) is 8.66. The Hall–Kier alpha value is -1.62. The molecule has 0 unspecified atom stereocenters. The molecule has 1 heterocycles. The number of carbonyl (C=O) groups excluding carboxylic acids is 1. The van der Waals surface area contributed by atoms with E-state index >= 15 is 0 Å². The third kappa shape index (κ3) is 4.34. The summed E-state index contributed by atoms with van der Waals surface area (Å²) in [5.74, 6) is 0.453. The number of rotatable bonds is 5. The molecule has 5 heteroatoms. The monoisotopic (exact) mass is 415 g/mol. The molecule has 3 rings (SSSR count). The third-order valence-electron chi connectivity index (χ3n) is 5.82. The van der Waals surface area contributed by atoms with Gasteiger partial charge in [0.15, 0.2) is 0 Å². The van der Waals surface area contributed by atoms with E-state index in [-0.39, 0.29) is 10.4 Å². The molecule has 0 aliphatic carbocycles. The van der Waals surface area contributed by atoms with E-state index < -0.39 is 8.32 Å². The van der Waals surface area contributed by atoms with Crippen LogP contribution in [0.2, 0.25) is 5.04 Å². The van der Waals surface area contributed by atoms with Crippen molar-refractivity contribution in [3.8, 4) is 0 Å². The van der Waals surface area contributed by atoms with Crippen molar-refractivity contribution in [2.24, 2.45) is 5.92 Å². The fraction of sp³-hybridized carbons (Fsp3) is 0.435. The van der Waals surface area contributed by atoms with E-state index in [0.717, 1.165) is 32.5 Å². The number of halogens is 1. The molecule has 1 fully saturated rings. The molecule has 0 spiro atoms. The van der Waals surface area contributed by atoms with Crippen LogP contribution in [0.25, 0.3) is 0 Å². The van der Waals surface area contributed by atoms with E-state index in [9.17, 15) is 4.79 Å². The SMILES string of the molecule is CC(C)(C)[Si](OCC1CCN(C(=O)Cl)CC1)(c1ccccc1)c1ccccc1. The third-order valence-corrected chi connectivity index (χ3v) is 11.1. The van der Waals surface area contributed by atoms with Gasteiger partial charge in [-0.3, -0.25) is 4.79 Å². The molecule has 28 heavy (non-hydrogen) atoms. The van der Waals surface area contributed by atoms with E-state index in [1.165, 1.54) is 10.4 Å². The second-order valence-corrected chi connectivity index (χ2v) is 13.3. The smallest absolute Gasteiger partial charge is 0.316 e. The highest BCUT2D eigenvalue weighted by atomic mass is 35.5. The number of benzene rings is 2. The van der Waals surface area contributed by atoms with E-state index in [0.29, 0.717) is 5.92 Å². The molecular formula is C23H30ClNO2Si. The lowest BCUT2D eigenvalue weighted by molar-refractivity contribution is 0.153. The van der Waals surface area contributed by atoms with Crippen molar-refractivity contribution in [3.05, 3.63) is 60.7 Å². The number of likely N-dealkylation sites (tertiary alicyclic amines) is 1. The standard InChI is InChI=1S/C23H30ClNO2Si/c1-23(2,3)28(20-10-6-4-7-11-20,21-12-8-5-9-13-21)27-18-19-14-16-25(17-15-19)22(24)26/h4-13,19H,14-18H2,1-3H3. The zero-order valence-electron chi connectivity index (χ0n) is 17.0. The van der Waals surface area contributed by atoms with Gasteiger partial charge in [0.2, 0.25) is 0 Å². The maximum atomic E-state index is 11.4. The lowest BCUT2D eigenvalue weighted by atomic mass is 9.98. The van der Waals surface area contributed by atoms with Crippen LogP contribution in [0, 0.1) is 5.92 Å². The zero-order chi connectivity index (χ0) is 20.2. The summed E-state index contributed by atoms with van der Waals surface area (Å²) in [6, 6.07) is 21.5. The number of piperidine rings is 1. The van der Waals surface area contributed by atoms with Gasteiger partial charge in [0.05, 0.1) is 0 Å². The van der Waals surface area contributed by atoms with E-state index in [1.54, 1.807) is 4.90 Å². The summed E-state index contributed by atoms with van der Waals surface area (Å²) in [5, 5.41) is 2.26. The Kier molecular flexibility index (Phi) is 6.64. The van der Waals surface area contributed by atoms with Gasteiger partial charge >= 0.3 is 5.37 Å². The topological polar surface area (TPSA) is 29.5 Å². The average Bonchev–Trinajstić information content (AvgIpc) is 2.69. The molecule has 150 valence electrons. The molecule has 0 aromatic heterocycles. The minimum Gasteiger partial charge on any atom is -0.407 e. The van der Waals surface area contributed by atoms with Crippen molar-refractivity contribution in [3.63, 3.8) is 0 Å².